The molecule has 10 heteroatoms. The number of carbonyl (C=O) groups is 1. The number of rotatable bonds is 7. The highest BCUT2D eigenvalue weighted by atomic mass is 32.2. The maximum Gasteiger partial charge on any atom is 0.254 e. The molecule has 1 saturated heterocycles. The van der Waals surface area contributed by atoms with Gasteiger partial charge in [-0.25, -0.2) is 0 Å². The van der Waals surface area contributed by atoms with Gasteiger partial charge in [0, 0.05) is 86.0 Å². The third kappa shape index (κ3) is 4.83. The van der Waals surface area contributed by atoms with E-state index in [2.05, 4.69) is 15.2 Å². The Hall–Kier alpha value is -2.95. The first-order valence-corrected chi connectivity index (χ1v) is 15.7. The monoisotopic (exact) mass is 580 g/mol. The van der Waals surface area contributed by atoms with E-state index in [1.807, 2.05) is 57.0 Å². The normalized spacial score (nSPS) is 24.5. The number of nitrogens with zero attached hydrogens (tertiary/aromatic N) is 2. The molecule has 1 atom stereocenters. The number of carbonyl (C=O) groups excluding carboxylic acids is 1. The molecule has 3 aromatic rings. The number of aromatic nitrogens is 2. The Kier molecular flexibility index (Phi) is 7.36. The Morgan fingerprint density at radius 2 is 1.90 bits per heavy atom. The molecule has 0 radical (unpaired) electrons. The van der Waals surface area contributed by atoms with Gasteiger partial charge in [0.1, 0.15) is 0 Å². The molecule has 3 aliphatic rings. The number of aromatic amines is 1. The first-order chi connectivity index (χ1) is 19.6. The van der Waals surface area contributed by atoms with Gasteiger partial charge in [-0.1, -0.05) is 0 Å². The van der Waals surface area contributed by atoms with Crippen LogP contribution in [0, 0.1) is 19.8 Å². The molecule has 0 bridgehead atoms. The predicted molar refractivity (Wildman–Crippen MR) is 160 cm³/mol. The van der Waals surface area contributed by atoms with Crippen molar-refractivity contribution in [2.24, 2.45) is 13.0 Å². The molecule has 2 N–H and O–H groups in total. The lowest BCUT2D eigenvalue weighted by atomic mass is 9.80. The zero-order chi connectivity index (χ0) is 29.1. The fourth-order valence-corrected chi connectivity index (χ4v) is 7.59. The van der Waals surface area contributed by atoms with Crippen LogP contribution in [-0.2, 0) is 18.3 Å². The number of nitrogens with one attached hydrogen (secondary N) is 2. The summed E-state index contributed by atoms with van der Waals surface area (Å²) in [5, 5.41) is 3.82. The van der Waals surface area contributed by atoms with Crippen molar-refractivity contribution in [2.75, 3.05) is 26.5 Å². The summed E-state index contributed by atoms with van der Waals surface area (Å²) < 4.78 is 20.8. The molecule has 2 aliphatic heterocycles. The minimum Gasteiger partial charge on any atom is -0.448 e. The van der Waals surface area contributed by atoms with Crippen molar-refractivity contribution < 1.29 is 19.0 Å². The summed E-state index contributed by atoms with van der Waals surface area (Å²) in [5.41, 5.74) is 3.32. The number of fused-ring (bicyclic) bond motifs is 3. The van der Waals surface area contributed by atoms with Crippen LogP contribution in [-0.4, -0.2) is 64.7 Å². The number of methoxy groups -OCH3 is 1. The summed E-state index contributed by atoms with van der Waals surface area (Å²) in [4.78, 5) is 32.6. The smallest absolute Gasteiger partial charge is 0.254 e. The number of likely N-dealkylation sites (tertiary alicyclic amines) is 1. The van der Waals surface area contributed by atoms with Crippen LogP contribution >= 0.6 is 11.8 Å². The van der Waals surface area contributed by atoms with Crippen molar-refractivity contribution in [1.82, 2.24) is 19.8 Å². The molecule has 0 spiro atoms. The van der Waals surface area contributed by atoms with Gasteiger partial charge >= 0.3 is 0 Å². The molecule has 1 amide bonds. The molecule has 9 nitrogen and oxygen atoms in total. The van der Waals surface area contributed by atoms with E-state index in [9.17, 15) is 9.59 Å². The van der Waals surface area contributed by atoms with Crippen LogP contribution in [0.1, 0.15) is 59.8 Å². The second-order valence-electron chi connectivity index (χ2n) is 11.9. The van der Waals surface area contributed by atoms with Gasteiger partial charge < -0.3 is 29.1 Å². The highest BCUT2D eigenvalue weighted by Gasteiger charge is 2.48. The molecule has 0 unspecified atom stereocenters. The largest absolute Gasteiger partial charge is 0.448 e. The first kappa shape index (κ1) is 28.2. The highest BCUT2D eigenvalue weighted by Crippen LogP contribution is 2.52. The zero-order valence-corrected chi connectivity index (χ0v) is 25.6. The van der Waals surface area contributed by atoms with E-state index in [4.69, 9.17) is 14.2 Å². The molecule has 6 rings (SSSR count). The Balaban J connectivity index is 1.24. The molecular weight excluding hydrogens is 540 g/mol. The van der Waals surface area contributed by atoms with Gasteiger partial charge in [-0.3, -0.25) is 14.5 Å². The van der Waals surface area contributed by atoms with Crippen LogP contribution in [0.2, 0.25) is 0 Å². The van der Waals surface area contributed by atoms with E-state index in [1.54, 1.807) is 7.11 Å². The third-order valence-corrected chi connectivity index (χ3v) is 10.2. The number of ether oxygens (including phenoxy) is 3. The summed E-state index contributed by atoms with van der Waals surface area (Å²) in [5.74, 6) is 0.553. The summed E-state index contributed by atoms with van der Waals surface area (Å²) in [6, 6.07) is 4.48. The van der Waals surface area contributed by atoms with Gasteiger partial charge in [0.15, 0.2) is 11.5 Å². The van der Waals surface area contributed by atoms with Crippen molar-refractivity contribution in [3.8, 4) is 11.5 Å². The van der Waals surface area contributed by atoms with Crippen LogP contribution in [0.3, 0.4) is 0 Å². The topological polar surface area (TPSA) is 97.8 Å². The van der Waals surface area contributed by atoms with Crippen LogP contribution in [0.15, 0.2) is 28.0 Å². The van der Waals surface area contributed by atoms with E-state index >= 15 is 0 Å². The molecule has 1 saturated carbocycles. The van der Waals surface area contributed by atoms with Crippen LogP contribution < -0.4 is 20.3 Å². The number of hydrogen-bond acceptors (Lipinski definition) is 7. The van der Waals surface area contributed by atoms with Gasteiger partial charge in [0.25, 0.3) is 17.3 Å². The van der Waals surface area contributed by atoms with Crippen LogP contribution in [0.5, 0.6) is 11.5 Å². The molecular formula is C31H40N4O5S. The molecule has 1 aromatic carbocycles. The lowest BCUT2D eigenvalue weighted by Gasteiger charge is -2.47. The minimum atomic E-state index is -0.795. The van der Waals surface area contributed by atoms with E-state index in [1.165, 1.54) is 11.8 Å². The van der Waals surface area contributed by atoms with E-state index in [0.717, 1.165) is 65.8 Å². The van der Waals surface area contributed by atoms with Crippen LogP contribution in [0.4, 0.5) is 0 Å². The molecule has 220 valence electrons. The number of pyridine rings is 1. The number of thioether (sulfide) groups is 1. The average molecular weight is 581 g/mol. The third-order valence-electron chi connectivity index (χ3n) is 9.36. The summed E-state index contributed by atoms with van der Waals surface area (Å²) >= 11 is 1.50. The van der Waals surface area contributed by atoms with Gasteiger partial charge in [-0.05, 0) is 57.9 Å². The van der Waals surface area contributed by atoms with Gasteiger partial charge in [0.2, 0.25) is 0 Å². The molecule has 41 heavy (non-hydrogen) atoms. The minimum absolute atomic E-state index is 0.135. The zero-order valence-electron chi connectivity index (χ0n) is 24.8. The first-order valence-electron chi connectivity index (χ1n) is 14.4. The van der Waals surface area contributed by atoms with Gasteiger partial charge in [-0.2, -0.15) is 0 Å². The van der Waals surface area contributed by atoms with E-state index in [-0.39, 0.29) is 23.9 Å². The maximum absolute atomic E-state index is 13.7. The molecule has 2 aromatic heterocycles. The Bertz CT molecular complexity index is 1550. The van der Waals surface area contributed by atoms with Crippen LogP contribution in [0.25, 0.3) is 10.9 Å². The summed E-state index contributed by atoms with van der Waals surface area (Å²) in [7, 11) is 3.75. The SMILES string of the molecule is COC1CN(C2CCC([C@]3(C)Oc4c(C)c(C(=O)NCc5c(SC)cc(C)[nH]c5=O)c5ccn(C)c5c4O3)CC2)C1. The van der Waals surface area contributed by atoms with E-state index in [0.29, 0.717) is 34.8 Å². The molecule has 2 fully saturated rings. The number of hydrogen-bond donors (Lipinski definition) is 2. The number of H-pyrrole nitrogens is 1. The second-order valence-corrected chi connectivity index (χ2v) is 12.7. The lowest BCUT2D eigenvalue weighted by Crippen LogP contribution is -2.57. The number of benzene rings is 1. The number of aryl methyl sites for hydroxylation is 2. The highest BCUT2D eigenvalue weighted by molar-refractivity contribution is 7.98. The van der Waals surface area contributed by atoms with Crippen molar-refractivity contribution in [2.45, 2.75) is 75.8 Å². The Morgan fingerprint density at radius 3 is 2.59 bits per heavy atom. The van der Waals surface area contributed by atoms with Crippen molar-refractivity contribution in [1.29, 1.82) is 0 Å². The quantitative estimate of drug-likeness (QED) is 0.397. The second kappa shape index (κ2) is 10.7. The Morgan fingerprint density at radius 1 is 1.20 bits per heavy atom. The fourth-order valence-electron chi connectivity index (χ4n) is 6.89. The standard InChI is InChI=1S/C31H40N4O5S/c1-17-13-24(41-6)23(29(36)33-17)14-32-30(37)25-18(2)27-28(26-22(25)11-12-34(26)4)40-31(3,39-27)19-7-9-20(10-8-19)35-15-21(16-35)38-5/h11-13,19-21H,7-10,14-16H2,1-6H3,(H,32,37)(H,33,36)/t19?,20?,31-/m1/s1. The lowest BCUT2D eigenvalue weighted by molar-refractivity contribution is -0.130. The Labute approximate surface area is 244 Å². The summed E-state index contributed by atoms with van der Waals surface area (Å²) in [6.45, 7) is 8.00. The predicted octanol–water partition coefficient (Wildman–Crippen LogP) is 4.51. The van der Waals surface area contributed by atoms with E-state index < -0.39 is 5.79 Å². The van der Waals surface area contributed by atoms with Crippen molar-refractivity contribution in [3.63, 3.8) is 0 Å². The molecule has 4 heterocycles. The van der Waals surface area contributed by atoms with Crippen molar-refractivity contribution >= 4 is 28.6 Å². The van der Waals surface area contributed by atoms with Crippen molar-refractivity contribution in [3.05, 3.63) is 51.1 Å². The number of amides is 1. The van der Waals surface area contributed by atoms with Gasteiger partial charge in [0.05, 0.1) is 17.2 Å². The molecule has 1 aliphatic carbocycles. The summed E-state index contributed by atoms with van der Waals surface area (Å²) in [6.07, 6.45) is 8.52. The fraction of sp³-hybridized carbons (Fsp3) is 0.548. The maximum atomic E-state index is 13.7. The average Bonchev–Trinajstić information content (AvgIpc) is 3.48. The van der Waals surface area contributed by atoms with Gasteiger partial charge in [-0.15, -0.1) is 11.8 Å².